The maximum Gasteiger partial charge on any atom is 0.308 e. The highest BCUT2D eigenvalue weighted by Crippen LogP contribution is 2.21. The fourth-order valence-electron chi connectivity index (χ4n) is 1.32. The first-order valence-electron chi connectivity index (χ1n) is 4.59. The number of methoxy groups -OCH3 is 1. The molecular weight excluding hydrogens is 307 g/mol. The maximum atomic E-state index is 11.2. The minimum absolute atomic E-state index is 0.157. The number of phenolic OH excluding ortho intramolecular Hbond substituents is 1. The van der Waals surface area contributed by atoms with Gasteiger partial charge in [-0.2, -0.15) is 0 Å². The van der Waals surface area contributed by atoms with Crippen molar-refractivity contribution in [1.82, 2.24) is 0 Å². The molecule has 0 heterocycles. The van der Waals surface area contributed by atoms with Gasteiger partial charge in [0.15, 0.2) is 0 Å². The van der Waals surface area contributed by atoms with E-state index in [1.807, 2.05) is 19.1 Å². The normalized spacial score (nSPS) is 12.2. The first-order valence-corrected chi connectivity index (χ1v) is 5.67. The fraction of sp³-hybridized carbons (Fsp3) is 0.364. The van der Waals surface area contributed by atoms with E-state index in [0.717, 1.165) is 9.13 Å². The van der Waals surface area contributed by atoms with Crippen molar-refractivity contribution in [2.24, 2.45) is 5.92 Å². The van der Waals surface area contributed by atoms with Crippen LogP contribution in [-0.4, -0.2) is 18.2 Å². The lowest BCUT2D eigenvalue weighted by molar-refractivity contribution is -0.144. The van der Waals surface area contributed by atoms with Gasteiger partial charge in [-0.25, -0.2) is 0 Å². The summed E-state index contributed by atoms with van der Waals surface area (Å²) in [4.78, 5) is 11.2. The van der Waals surface area contributed by atoms with E-state index in [0.29, 0.717) is 6.42 Å². The molecule has 0 saturated carbocycles. The summed E-state index contributed by atoms with van der Waals surface area (Å²) in [5.74, 6) is -0.0986. The van der Waals surface area contributed by atoms with Crippen LogP contribution in [0.15, 0.2) is 18.2 Å². The molecule has 82 valence electrons. The second-order valence-electron chi connectivity index (χ2n) is 3.41. The molecule has 1 rings (SSSR count). The van der Waals surface area contributed by atoms with Crippen LogP contribution in [-0.2, 0) is 16.0 Å². The summed E-state index contributed by atoms with van der Waals surface area (Å²) in [6, 6.07) is 5.33. The third kappa shape index (κ3) is 3.37. The van der Waals surface area contributed by atoms with Gasteiger partial charge in [-0.15, -0.1) is 0 Å². The largest absolute Gasteiger partial charge is 0.507 e. The summed E-state index contributed by atoms with van der Waals surface area (Å²) < 4.78 is 5.44. The first kappa shape index (κ1) is 12.3. The van der Waals surface area contributed by atoms with E-state index in [2.05, 4.69) is 27.3 Å². The highest BCUT2D eigenvalue weighted by Gasteiger charge is 2.14. The van der Waals surface area contributed by atoms with Crippen LogP contribution in [0.4, 0.5) is 0 Å². The van der Waals surface area contributed by atoms with Gasteiger partial charge in [0, 0.05) is 0 Å². The van der Waals surface area contributed by atoms with Crippen molar-refractivity contribution in [2.75, 3.05) is 7.11 Å². The minimum atomic E-state index is -0.210. The Labute approximate surface area is 103 Å². The van der Waals surface area contributed by atoms with Crippen LogP contribution in [0.25, 0.3) is 0 Å². The Kier molecular flexibility index (Phi) is 4.38. The SMILES string of the molecule is COC(=O)[C@@H](C)Cc1ccc(O)c(I)c1. The van der Waals surface area contributed by atoms with Crippen LogP contribution in [0.5, 0.6) is 5.75 Å². The number of carbonyl (C=O) groups is 1. The van der Waals surface area contributed by atoms with Crippen molar-refractivity contribution >= 4 is 28.6 Å². The molecule has 0 amide bonds. The highest BCUT2D eigenvalue weighted by atomic mass is 127. The van der Waals surface area contributed by atoms with E-state index in [1.165, 1.54) is 7.11 Å². The zero-order valence-electron chi connectivity index (χ0n) is 8.66. The molecule has 4 heteroatoms. The van der Waals surface area contributed by atoms with E-state index in [-0.39, 0.29) is 17.6 Å². The average molecular weight is 320 g/mol. The van der Waals surface area contributed by atoms with Crippen LogP contribution in [0.2, 0.25) is 0 Å². The third-order valence-electron chi connectivity index (χ3n) is 2.16. The first-order chi connectivity index (χ1) is 7.04. The summed E-state index contributed by atoms with van der Waals surface area (Å²) in [7, 11) is 1.39. The monoisotopic (exact) mass is 320 g/mol. The van der Waals surface area contributed by atoms with Crippen molar-refractivity contribution in [3.05, 3.63) is 27.3 Å². The number of halogens is 1. The molecule has 0 aliphatic heterocycles. The lowest BCUT2D eigenvalue weighted by Crippen LogP contribution is -2.15. The Hall–Kier alpha value is -0.780. The van der Waals surface area contributed by atoms with Gasteiger partial charge in [-0.05, 0) is 46.7 Å². The average Bonchev–Trinajstić information content (AvgIpc) is 2.22. The number of phenols is 1. The molecule has 0 bridgehead atoms. The van der Waals surface area contributed by atoms with Gasteiger partial charge >= 0.3 is 5.97 Å². The second-order valence-corrected chi connectivity index (χ2v) is 4.58. The quantitative estimate of drug-likeness (QED) is 0.687. The van der Waals surface area contributed by atoms with Crippen LogP contribution >= 0.6 is 22.6 Å². The van der Waals surface area contributed by atoms with Gasteiger partial charge in [-0.1, -0.05) is 13.0 Å². The molecule has 0 unspecified atom stereocenters. The molecule has 0 aromatic heterocycles. The lowest BCUT2D eigenvalue weighted by atomic mass is 10.0. The molecular formula is C11H13IO3. The predicted octanol–water partition coefficient (Wildman–Crippen LogP) is 2.35. The van der Waals surface area contributed by atoms with E-state index < -0.39 is 0 Å². The van der Waals surface area contributed by atoms with E-state index >= 15 is 0 Å². The van der Waals surface area contributed by atoms with Gasteiger partial charge in [-0.3, -0.25) is 4.79 Å². The standard InChI is InChI=1S/C11H13IO3/c1-7(11(14)15-2)5-8-3-4-10(13)9(12)6-8/h3-4,6-7,13H,5H2,1-2H3/t7-/m0/s1. The van der Waals surface area contributed by atoms with Gasteiger partial charge < -0.3 is 9.84 Å². The highest BCUT2D eigenvalue weighted by molar-refractivity contribution is 14.1. The molecule has 1 aromatic carbocycles. The van der Waals surface area contributed by atoms with Crippen LogP contribution < -0.4 is 0 Å². The number of ether oxygens (including phenoxy) is 1. The Morgan fingerprint density at radius 3 is 2.80 bits per heavy atom. The predicted molar refractivity (Wildman–Crippen MR) is 65.7 cm³/mol. The molecule has 0 saturated heterocycles. The Balaban J connectivity index is 2.73. The molecule has 0 fully saturated rings. The van der Waals surface area contributed by atoms with Crippen molar-refractivity contribution in [1.29, 1.82) is 0 Å². The van der Waals surface area contributed by atoms with E-state index in [9.17, 15) is 9.90 Å². The zero-order chi connectivity index (χ0) is 11.4. The summed E-state index contributed by atoms with van der Waals surface area (Å²) >= 11 is 2.06. The number of hydrogen-bond donors (Lipinski definition) is 1. The maximum absolute atomic E-state index is 11.2. The summed E-state index contributed by atoms with van der Waals surface area (Å²) in [5, 5.41) is 9.33. The van der Waals surface area contributed by atoms with Crippen molar-refractivity contribution in [3.63, 3.8) is 0 Å². The Bertz CT molecular complexity index is 363. The summed E-state index contributed by atoms with van der Waals surface area (Å²) in [6.45, 7) is 1.82. The van der Waals surface area contributed by atoms with Crippen molar-refractivity contribution in [3.8, 4) is 5.75 Å². The van der Waals surface area contributed by atoms with Gasteiger partial charge in [0.1, 0.15) is 5.75 Å². The molecule has 0 spiro atoms. The summed E-state index contributed by atoms with van der Waals surface area (Å²) in [5.41, 5.74) is 1.02. The molecule has 1 N–H and O–H groups in total. The number of carbonyl (C=O) groups excluding carboxylic acids is 1. The molecule has 3 nitrogen and oxygen atoms in total. The topological polar surface area (TPSA) is 46.5 Å². The smallest absolute Gasteiger partial charge is 0.308 e. The molecule has 0 aliphatic carbocycles. The van der Waals surface area contributed by atoms with Crippen LogP contribution in [0.1, 0.15) is 12.5 Å². The summed E-state index contributed by atoms with van der Waals surface area (Å²) in [6.07, 6.45) is 0.628. The van der Waals surface area contributed by atoms with Crippen molar-refractivity contribution in [2.45, 2.75) is 13.3 Å². The number of esters is 1. The number of hydrogen-bond acceptors (Lipinski definition) is 3. The molecule has 0 aliphatic rings. The molecule has 1 aromatic rings. The van der Waals surface area contributed by atoms with E-state index in [1.54, 1.807) is 6.07 Å². The van der Waals surface area contributed by atoms with Crippen LogP contribution in [0, 0.1) is 9.49 Å². The minimum Gasteiger partial charge on any atom is -0.507 e. The van der Waals surface area contributed by atoms with Gasteiger partial charge in [0.25, 0.3) is 0 Å². The van der Waals surface area contributed by atoms with Crippen molar-refractivity contribution < 1.29 is 14.6 Å². The number of benzene rings is 1. The molecule has 0 radical (unpaired) electrons. The number of aromatic hydroxyl groups is 1. The Morgan fingerprint density at radius 2 is 2.27 bits per heavy atom. The van der Waals surface area contributed by atoms with E-state index in [4.69, 9.17) is 0 Å². The van der Waals surface area contributed by atoms with Crippen LogP contribution in [0.3, 0.4) is 0 Å². The second kappa shape index (κ2) is 5.34. The van der Waals surface area contributed by atoms with Gasteiger partial charge in [0.2, 0.25) is 0 Å². The zero-order valence-corrected chi connectivity index (χ0v) is 10.8. The Morgan fingerprint density at radius 1 is 1.60 bits per heavy atom. The van der Waals surface area contributed by atoms with Gasteiger partial charge in [0.05, 0.1) is 16.6 Å². The number of rotatable bonds is 3. The molecule has 15 heavy (non-hydrogen) atoms. The fourth-order valence-corrected chi connectivity index (χ4v) is 1.90. The lowest BCUT2D eigenvalue weighted by Gasteiger charge is -2.09. The molecule has 1 atom stereocenters. The third-order valence-corrected chi connectivity index (χ3v) is 3.02.